The summed E-state index contributed by atoms with van der Waals surface area (Å²) < 4.78 is 0. The molecule has 2 heteroatoms. The Balaban J connectivity index is 3.47. The molecule has 0 radical (unpaired) electrons. The average Bonchev–Trinajstić information content (AvgIpc) is 2.57. The van der Waals surface area contributed by atoms with E-state index in [1.807, 2.05) is 0 Å². The van der Waals surface area contributed by atoms with Crippen LogP contribution in [0.25, 0.3) is 0 Å². The summed E-state index contributed by atoms with van der Waals surface area (Å²) >= 11 is 0. The fourth-order valence-corrected chi connectivity index (χ4v) is 3.57. The van der Waals surface area contributed by atoms with Gasteiger partial charge in [-0.3, -0.25) is 4.79 Å². The number of aliphatic carboxylic acids is 1. The van der Waals surface area contributed by atoms with Gasteiger partial charge in [-0.05, 0) is 18.8 Å². The molecule has 0 bridgehead atoms. The number of carboxylic acid groups (broad SMARTS) is 1. The molecule has 1 N–H and O–H groups in total. The van der Waals surface area contributed by atoms with Crippen LogP contribution in [0.2, 0.25) is 0 Å². The van der Waals surface area contributed by atoms with Crippen LogP contribution in [0, 0.1) is 11.8 Å². The zero-order valence-electron chi connectivity index (χ0n) is 17.5. The average molecular weight is 355 g/mol. The van der Waals surface area contributed by atoms with Crippen LogP contribution in [0.4, 0.5) is 0 Å². The second-order valence-corrected chi connectivity index (χ2v) is 8.39. The number of unbranched alkanes of at least 4 members (excludes halogenated alkanes) is 12. The fraction of sp³-hybridized carbons (Fsp3) is 0.957. The third-order valence-corrected chi connectivity index (χ3v) is 5.34. The molecule has 0 aromatic rings. The maximum Gasteiger partial charge on any atom is 0.306 e. The molecular weight excluding hydrogens is 308 g/mol. The van der Waals surface area contributed by atoms with Gasteiger partial charge in [0.1, 0.15) is 0 Å². The van der Waals surface area contributed by atoms with Gasteiger partial charge in [-0.25, -0.2) is 0 Å². The van der Waals surface area contributed by atoms with Gasteiger partial charge in [-0.1, -0.05) is 117 Å². The first-order valence-corrected chi connectivity index (χ1v) is 11.3. The Kier molecular flexibility index (Phi) is 17.9. The second kappa shape index (κ2) is 18.3. The van der Waals surface area contributed by atoms with E-state index in [0.717, 1.165) is 31.6 Å². The Morgan fingerprint density at radius 1 is 0.640 bits per heavy atom. The lowest BCUT2D eigenvalue weighted by Crippen LogP contribution is -2.13. The summed E-state index contributed by atoms with van der Waals surface area (Å²) in [4.78, 5) is 11.4. The lowest BCUT2D eigenvalue weighted by molar-refractivity contribution is -0.142. The third-order valence-electron chi connectivity index (χ3n) is 5.34. The normalized spacial score (nSPS) is 12.6. The van der Waals surface area contributed by atoms with Crippen molar-refractivity contribution in [3.63, 3.8) is 0 Å². The molecule has 0 saturated heterocycles. The minimum Gasteiger partial charge on any atom is -0.481 e. The van der Waals surface area contributed by atoms with E-state index in [1.165, 1.54) is 83.5 Å². The van der Waals surface area contributed by atoms with Crippen molar-refractivity contribution >= 4 is 5.97 Å². The van der Waals surface area contributed by atoms with E-state index in [4.69, 9.17) is 0 Å². The summed E-state index contributed by atoms with van der Waals surface area (Å²) in [5.74, 6) is 0.180. The van der Waals surface area contributed by atoms with Crippen LogP contribution in [0.15, 0.2) is 0 Å². The van der Waals surface area contributed by atoms with Crippen molar-refractivity contribution in [1.29, 1.82) is 0 Å². The molecule has 0 aromatic carbocycles. The van der Waals surface area contributed by atoms with Gasteiger partial charge in [0.05, 0.1) is 5.92 Å². The molecule has 0 rings (SSSR count). The van der Waals surface area contributed by atoms with E-state index in [0.29, 0.717) is 0 Å². The maximum atomic E-state index is 11.4. The number of carboxylic acids is 1. The summed E-state index contributed by atoms with van der Waals surface area (Å²) in [7, 11) is 0. The minimum absolute atomic E-state index is 0.0952. The van der Waals surface area contributed by atoms with Crippen molar-refractivity contribution in [3.8, 4) is 0 Å². The quantitative estimate of drug-likeness (QED) is 0.239. The maximum absolute atomic E-state index is 11.4. The van der Waals surface area contributed by atoms with Crippen LogP contribution in [0.1, 0.15) is 130 Å². The highest BCUT2D eigenvalue weighted by atomic mass is 16.4. The Hall–Kier alpha value is -0.530. The largest absolute Gasteiger partial charge is 0.481 e. The Morgan fingerprint density at radius 3 is 1.36 bits per heavy atom. The van der Waals surface area contributed by atoms with Crippen molar-refractivity contribution < 1.29 is 9.90 Å². The van der Waals surface area contributed by atoms with Gasteiger partial charge in [-0.2, -0.15) is 0 Å². The van der Waals surface area contributed by atoms with Gasteiger partial charge in [0.2, 0.25) is 0 Å². The molecule has 1 unspecified atom stereocenters. The van der Waals surface area contributed by atoms with Crippen LogP contribution in [0.5, 0.6) is 0 Å². The van der Waals surface area contributed by atoms with Crippen LogP contribution in [0.3, 0.4) is 0 Å². The highest BCUT2D eigenvalue weighted by molar-refractivity contribution is 5.69. The molecule has 0 aliphatic rings. The minimum atomic E-state index is -0.571. The molecule has 0 fully saturated rings. The third kappa shape index (κ3) is 18.1. The van der Waals surface area contributed by atoms with Crippen LogP contribution < -0.4 is 0 Å². The summed E-state index contributed by atoms with van der Waals surface area (Å²) in [6, 6.07) is 0. The number of hydrogen-bond donors (Lipinski definition) is 1. The molecule has 0 heterocycles. The highest BCUT2D eigenvalue weighted by Gasteiger charge is 2.16. The number of rotatable bonds is 19. The molecule has 25 heavy (non-hydrogen) atoms. The van der Waals surface area contributed by atoms with Gasteiger partial charge >= 0.3 is 5.97 Å². The molecule has 2 nitrogen and oxygen atoms in total. The van der Waals surface area contributed by atoms with Crippen LogP contribution in [-0.2, 0) is 4.79 Å². The first kappa shape index (κ1) is 24.5. The van der Waals surface area contributed by atoms with Crippen LogP contribution >= 0.6 is 0 Å². The smallest absolute Gasteiger partial charge is 0.306 e. The van der Waals surface area contributed by atoms with Crippen molar-refractivity contribution in [2.24, 2.45) is 11.8 Å². The van der Waals surface area contributed by atoms with Crippen LogP contribution in [-0.4, -0.2) is 11.1 Å². The number of hydrogen-bond acceptors (Lipinski definition) is 1. The molecule has 1 atom stereocenters. The zero-order chi connectivity index (χ0) is 18.8. The first-order valence-electron chi connectivity index (χ1n) is 11.3. The van der Waals surface area contributed by atoms with E-state index < -0.39 is 5.97 Å². The highest BCUT2D eigenvalue weighted by Crippen LogP contribution is 2.20. The molecule has 150 valence electrons. The topological polar surface area (TPSA) is 37.3 Å². The summed E-state index contributed by atoms with van der Waals surface area (Å²) in [6.07, 6.45) is 21.1. The van der Waals surface area contributed by atoms with Crippen molar-refractivity contribution in [3.05, 3.63) is 0 Å². The Labute approximate surface area is 158 Å². The van der Waals surface area contributed by atoms with Crippen molar-refractivity contribution in [2.45, 2.75) is 130 Å². The molecule has 0 aliphatic carbocycles. The SMILES string of the molecule is CCCCCCCCC(CCCCCCCCCCC(C)C)C(=O)O. The van der Waals surface area contributed by atoms with Crippen molar-refractivity contribution in [2.75, 3.05) is 0 Å². The van der Waals surface area contributed by atoms with E-state index in [2.05, 4.69) is 20.8 Å². The lowest BCUT2D eigenvalue weighted by atomic mass is 9.94. The zero-order valence-corrected chi connectivity index (χ0v) is 17.5. The Bertz CT molecular complexity index is 286. The molecule has 0 amide bonds. The second-order valence-electron chi connectivity index (χ2n) is 8.39. The van der Waals surface area contributed by atoms with Gasteiger partial charge < -0.3 is 5.11 Å². The standard InChI is InChI=1S/C23H46O2/c1-4-5-6-7-13-16-19-22(23(24)25)20-17-14-11-9-8-10-12-15-18-21(2)3/h21-22H,4-20H2,1-3H3,(H,24,25). The molecule has 0 spiro atoms. The molecule has 0 saturated carbocycles. The molecule has 0 aromatic heterocycles. The summed E-state index contributed by atoms with van der Waals surface area (Å²) in [5, 5.41) is 9.38. The first-order chi connectivity index (χ1) is 12.1. The summed E-state index contributed by atoms with van der Waals surface area (Å²) in [6.45, 7) is 6.83. The fourth-order valence-electron chi connectivity index (χ4n) is 3.57. The van der Waals surface area contributed by atoms with E-state index in [9.17, 15) is 9.90 Å². The van der Waals surface area contributed by atoms with Gasteiger partial charge in [-0.15, -0.1) is 0 Å². The lowest BCUT2D eigenvalue weighted by Gasteiger charge is -2.12. The Morgan fingerprint density at radius 2 is 1.00 bits per heavy atom. The number of carbonyl (C=O) groups is 1. The van der Waals surface area contributed by atoms with E-state index in [1.54, 1.807) is 0 Å². The predicted molar refractivity (Wildman–Crippen MR) is 110 cm³/mol. The molecule has 0 aliphatic heterocycles. The van der Waals surface area contributed by atoms with E-state index in [-0.39, 0.29) is 5.92 Å². The molecular formula is C23H46O2. The monoisotopic (exact) mass is 354 g/mol. The van der Waals surface area contributed by atoms with Gasteiger partial charge in [0.25, 0.3) is 0 Å². The summed E-state index contributed by atoms with van der Waals surface area (Å²) in [5.41, 5.74) is 0. The predicted octanol–water partition coefficient (Wildman–Crippen LogP) is 7.99. The van der Waals surface area contributed by atoms with Crippen molar-refractivity contribution in [1.82, 2.24) is 0 Å². The van der Waals surface area contributed by atoms with Gasteiger partial charge in [0, 0.05) is 0 Å². The van der Waals surface area contributed by atoms with E-state index >= 15 is 0 Å². The van der Waals surface area contributed by atoms with Gasteiger partial charge in [0.15, 0.2) is 0 Å².